The predicted octanol–water partition coefficient (Wildman–Crippen LogP) is 2.82. The number of hydrogen-bond acceptors (Lipinski definition) is 2. The summed E-state index contributed by atoms with van der Waals surface area (Å²) >= 11 is 0. The standard InChI is InChI=1S/C15H23NO/c1-15(2,3)14-6-4-13(5-7-14)12-16-8-10-17-11-9-16/h4-7H,8-12H2,1-3H3/i4D,5D,6D,7D,8D2,9D2,10D2,11D2,12D2. The summed E-state index contributed by atoms with van der Waals surface area (Å²) < 4.78 is 117. The average molecular weight is 247 g/mol. The molecule has 2 heteroatoms. The van der Waals surface area contributed by atoms with Crippen LogP contribution in [0.5, 0.6) is 0 Å². The van der Waals surface area contributed by atoms with Crippen molar-refractivity contribution in [1.82, 2.24) is 4.90 Å². The SMILES string of the molecule is [2H]c1c([2H])c(C([2H])([2H])N2C([2H])([2H])C([2H])([2H])OC([2H])([2H])C2([2H])[2H])c([2H])c([2H])c1C(C)(C)C. The van der Waals surface area contributed by atoms with Gasteiger partial charge in [0, 0.05) is 27.7 Å². The molecule has 0 atom stereocenters. The number of rotatable bonds is 2. The van der Waals surface area contributed by atoms with Gasteiger partial charge in [0.05, 0.1) is 24.1 Å². The Morgan fingerprint density at radius 2 is 1.88 bits per heavy atom. The number of morpholine rings is 1. The molecule has 1 aliphatic rings. The molecule has 0 bridgehead atoms. The van der Waals surface area contributed by atoms with Crippen LogP contribution in [0.3, 0.4) is 0 Å². The Bertz CT molecular complexity index is 849. The van der Waals surface area contributed by atoms with E-state index in [2.05, 4.69) is 4.74 Å². The molecule has 1 fully saturated rings. The van der Waals surface area contributed by atoms with Crippen molar-refractivity contribution in [2.75, 3.05) is 26.1 Å². The molecule has 94 valence electrons. The summed E-state index contributed by atoms with van der Waals surface area (Å²) in [6, 6.07) is -3.05. The van der Waals surface area contributed by atoms with Gasteiger partial charge in [0.2, 0.25) is 0 Å². The summed E-state index contributed by atoms with van der Waals surface area (Å²) in [6.45, 7) is -12.9. The lowest BCUT2D eigenvalue weighted by molar-refractivity contribution is 0.0342. The van der Waals surface area contributed by atoms with Crippen molar-refractivity contribution in [2.24, 2.45) is 0 Å². The van der Waals surface area contributed by atoms with E-state index in [-0.39, 0.29) is 5.56 Å². The van der Waals surface area contributed by atoms with Gasteiger partial charge < -0.3 is 4.74 Å². The molecule has 0 spiro atoms. The second kappa shape index (κ2) is 5.19. The summed E-state index contributed by atoms with van der Waals surface area (Å²) in [5.74, 6) is 0. The van der Waals surface area contributed by atoms with E-state index in [0.717, 1.165) is 0 Å². The van der Waals surface area contributed by atoms with E-state index in [1.807, 2.05) is 0 Å². The van der Waals surface area contributed by atoms with Crippen LogP contribution in [0.1, 0.15) is 51.1 Å². The van der Waals surface area contributed by atoms with Crippen molar-refractivity contribution in [3.05, 3.63) is 35.3 Å². The summed E-state index contributed by atoms with van der Waals surface area (Å²) in [5.41, 5.74) is -1.96. The Morgan fingerprint density at radius 3 is 2.41 bits per heavy atom. The summed E-state index contributed by atoms with van der Waals surface area (Å²) in [6.07, 6.45) is 0. The van der Waals surface area contributed by atoms with Crippen LogP contribution in [-0.4, -0.2) is 31.0 Å². The van der Waals surface area contributed by atoms with Crippen molar-refractivity contribution in [3.8, 4) is 0 Å². The lowest BCUT2D eigenvalue weighted by Crippen LogP contribution is -2.35. The summed E-state index contributed by atoms with van der Waals surface area (Å²) in [7, 11) is 0. The Hall–Kier alpha value is -0.860. The van der Waals surface area contributed by atoms with Crippen LogP contribution in [0, 0.1) is 0 Å². The van der Waals surface area contributed by atoms with Gasteiger partial charge in [-0.3, -0.25) is 4.90 Å². The molecule has 0 aromatic heterocycles. The molecule has 0 radical (unpaired) electrons. The van der Waals surface area contributed by atoms with Crippen molar-refractivity contribution in [3.63, 3.8) is 0 Å². The van der Waals surface area contributed by atoms with E-state index >= 15 is 0 Å². The highest BCUT2D eigenvalue weighted by Crippen LogP contribution is 2.22. The minimum absolute atomic E-state index is 0.0410. The first kappa shape index (κ1) is 3.82. The molecule has 2 nitrogen and oxygen atoms in total. The quantitative estimate of drug-likeness (QED) is 0.797. The Morgan fingerprint density at radius 1 is 1.29 bits per heavy atom. The third kappa shape index (κ3) is 3.55. The van der Waals surface area contributed by atoms with Gasteiger partial charge in [-0.1, -0.05) is 44.9 Å². The lowest BCUT2D eigenvalue weighted by atomic mass is 9.87. The lowest BCUT2D eigenvalue weighted by Gasteiger charge is -2.27. The first-order valence-corrected chi connectivity index (χ1v) is 5.08. The maximum absolute atomic E-state index is 8.44. The molecule has 0 unspecified atom stereocenters. The number of hydrogen-bond donors (Lipinski definition) is 0. The number of benzene rings is 1. The van der Waals surface area contributed by atoms with Gasteiger partial charge >= 0.3 is 0 Å². The van der Waals surface area contributed by atoms with Gasteiger partial charge in [0.1, 0.15) is 0 Å². The molecule has 1 saturated heterocycles. The Kier molecular flexibility index (Phi) is 1.17. The third-order valence-corrected chi connectivity index (χ3v) is 2.02. The molecule has 1 heterocycles. The molecule has 0 saturated carbocycles. The molecule has 1 aromatic carbocycles. The Labute approximate surface area is 124 Å². The second-order valence-corrected chi connectivity index (χ2v) is 4.48. The van der Waals surface area contributed by atoms with E-state index < -0.39 is 72.7 Å². The second-order valence-electron chi connectivity index (χ2n) is 4.48. The predicted molar refractivity (Wildman–Crippen MR) is 71.2 cm³/mol. The molecule has 0 aliphatic carbocycles. The van der Waals surface area contributed by atoms with Gasteiger partial charge in [-0.25, -0.2) is 0 Å². The highest BCUT2D eigenvalue weighted by Gasteiger charge is 2.14. The number of nitrogens with zero attached hydrogens (tertiary/aromatic N) is 1. The van der Waals surface area contributed by atoms with Gasteiger partial charge in [-0.2, -0.15) is 0 Å². The third-order valence-electron chi connectivity index (χ3n) is 2.02. The zero-order valence-electron chi connectivity index (χ0n) is 23.9. The molecule has 0 N–H and O–H groups in total. The van der Waals surface area contributed by atoms with Crippen LogP contribution in [0.4, 0.5) is 0 Å². The minimum atomic E-state index is -3.61. The summed E-state index contributed by atoms with van der Waals surface area (Å²) in [5, 5.41) is 0. The van der Waals surface area contributed by atoms with E-state index in [9.17, 15) is 0 Å². The van der Waals surface area contributed by atoms with Crippen LogP contribution in [0.25, 0.3) is 0 Å². The first-order valence-electron chi connectivity index (χ1n) is 12.1. The fraction of sp³-hybridized carbons (Fsp3) is 0.600. The van der Waals surface area contributed by atoms with Crippen LogP contribution in [0.2, 0.25) is 0 Å². The fourth-order valence-corrected chi connectivity index (χ4v) is 1.10. The molecule has 17 heavy (non-hydrogen) atoms. The average Bonchev–Trinajstić information content (AvgIpc) is 2.48. The van der Waals surface area contributed by atoms with Crippen molar-refractivity contribution < 1.29 is 23.9 Å². The molecule has 1 aliphatic heterocycles. The van der Waals surface area contributed by atoms with E-state index in [0.29, 0.717) is 0 Å². The van der Waals surface area contributed by atoms with E-state index in [1.165, 1.54) is 0 Å². The molecule has 0 amide bonds. The van der Waals surface area contributed by atoms with Crippen LogP contribution in [-0.2, 0) is 16.6 Å². The molecule has 1 aromatic rings. The highest BCUT2D eigenvalue weighted by molar-refractivity contribution is 5.27. The topological polar surface area (TPSA) is 12.5 Å². The van der Waals surface area contributed by atoms with E-state index in [1.54, 1.807) is 20.8 Å². The van der Waals surface area contributed by atoms with E-state index in [4.69, 9.17) is 19.2 Å². The fourth-order valence-electron chi connectivity index (χ4n) is 1.10. The maximum atomic E-state index is 8.44. The van der Waals surface area contributed by atoms with Gasteiger partial charge in [0.15, 0.2) is 0 Å². The first-order chi connectivity index (χ1) is 13.5. The molecule has 2 rings (SSSR count). The largest absolute Gasteiger partial charge is 0.379 e. The minimum Gasteiger partial charge on any atom is -0.379 e. The van der Waals surface area contributed by atoms with Crippen LogP contribution < -0.4 is 0 Å². The smallest absolute Gasteiger partial charge is 0.0626 e. The zero-order valence-corrected chi connectivity index (χ0v) is 9.86. The molecular formula is C15H23NO. The monoisotopic (exact) mass is 247 g/mol. The molecular weight excluding hydrogens is 210 g/mol. The van der Waals surface area contributed by atoms with Crippen molar-refractivity contribution in [2.45, 2.75) is 32.7 Å². The van der Waals surface area contributed by atoms with Gasteiger partial charge in [-0.15, -0.1) is 0 Å². The van der Waals surface area contributed by atoms with Crippen LogP contribution >= 0.6 is 0 Å². The Balaban J connectivity index is 2.94. The number of ether oxygens (including phenoxy) is 1. The van der Waals surface area contributed by atoms with Crippen molar-refractivity contribution >= 4 is 0 Å². The summed E-state index contributed by atoms with van der Waals surface area (Å²) in [4.78, 5) is -0.391. The van der Waals surface area contributed by atoms with Gasteiger partial charge in [0.25, 0.3) is 0 Å². The maximum Gasteiger partial charge on any atom is 0.0626 e. The highest BCUT2D eigenvalue weighted by atomic mass is 16.5. The van der Waals surface area contributed by atoms with Gasteiger partial charge in [-0.05, 0) is 16.5 Å². The normalized spacial score (nSPS) is 43.0. The van der Waals surface area contributed by atoms with Crippen LogP contribution in [0.15, 0.2) is 24.2 Å². The van der Waals surface area contributed by atoms with Crippen molar-refractivity contribution in [1.29, 1.82) is 0 Å². The zero-order chi connectivity index (χ0) is 24.7.